The highest BCUT2D eigenvalue weighted by Gasteiger charge is 2.15. The fourth-order valence-corrected chi connectivity index (χ4v) is 0.759. The zero-order valence-electron chi connectivity index (χ0n) is 7.39. The van der Waals surface area contributed by atoms with Crippen molar-refractivity contribution in [2.75, 3.05) is 5.73 Å². The van der Waals surface area contributed by atoms with E-state index in [-0.39, 0.29) is 5.75 Å². The molecule has 0 saturated heterocycles. The second-order valence-corrected chi connectivity index (χ2v) is 2.62. The van der Waals surface area contributed by atoms with Gasteiger partial charge in [-0.1, -0.05) is 0 Å². The Morgan fingerprint density at radius 2 is 2.46 bits per heavy atom. The van der Waals surface area contributed by atoms with Crippen LogP contribution in [0.4, 0.5) is 5.82 Å². The van der Waals surface area contributed by atoms with E-state index in [0.29, 0.717) is 5.82 Å². The second kappa shape index (κ2) is 3.34. The maximum absolute atomic E-state index is 10.4. The summed E-state index contributed by atoms with van der Waals surface area (Å²) in [4.78, 5) is 10.4. The van der Waals surface area contributed by atoms with Crippen LogP contribution in [0.15, 0.2) is 6.20 Å². The molecule has 0 aliphatic rings. The summed E-state index contributed by atoms with van der Waals surface area (Å²) < 4.78 is 6.43. The molecule has 0 spiro atoms. The summed E-state index contributed by atoms with van der Waals surface area (Å²) >= 11 is 0. The molecule has 1 aromatic rings. The number of aliphatic carboxylic acids is 1. The molecular formula is C7H11N3O3. The van der Waals surface area contributed by atoms with Crippen LogP contribution in [0.2, 0.25) is 0 Å². The number of hydrogen-bond acceptors (Lipinski definition) is 4. The molecule has 0 radical (unpaired) electrons. The number of nitrogens with two attached hydrogens (primary N) is 1. The first-order valence-corrected chi connectivity index (χ1v) is 3.69. The molecule has 0 bridgehead atoms. The van der Waals surface area contributed by atoms with E-state index in [4.69, 9.17) is 15.6 Å². The number of carbonyl (C=O) groups is 1. The highest BCUT2D eigenvalue weighted by molar-refractivity contribution is 5.72. The number of nitrogen functional groups attached to an aromatic ring is 1. The zero-order valence-corrected chi connectivity index (χ0v) is 7.39. The molecule has 1 unspecified atom stereocenters. The minimum absolute atomic E-state index is 0.289. The van der Waals surface area contributed by atoms with Crippen LogP contribution >= 0.6 is 0 Å². The predicted octanol–water partition coefficient (Wildman–Crippen LogP) is -0.146. The van der Waals surface area contributed by atoms with Gasteiger partial charge < -0.3 is 15.6 Å². The van der Waals surface area contributed by atoms with Crippen LogP contribution in [0, 0.1) is 0 Å². The molecule has 0 aliphatic heterocycles. The molecule has 3 N–H and O–H groups in total. The summed E-state index contributed by atoms with van der Waals surface area (Å²) in [5, 5.41) is 12.4. The number of aromatic nitrogens is 2. The van der Waals surface area contributed by atoms with Crippen LogP contribution in [0.25, 0.3) is 0 Å². The van der Waals surface area contributed by atoms with Crippen LogP contribution < -0.4 is 10.5 Å². The van der Waals surface area contributed by atoms with Gasteiger partial charge in [0.25, 0.3) is 0 Å². The van der Waals surface area contributed by atoms with E-state index in [0.717, 1.165) is 0 Å². The first-order chi connectivity index (χ1) is 6.02. The van der Waals surface area contributed by atoms with E-state index in [2.05, 4.69) is 5.10 Å². The lowest BCUT2D eigenvalue weighted by atomic mass is 10.4. The maximum atomic E-state index is 10.4. The van der Waals surface area contributed by atoms with Crippen LogP contribution in [-0.4, -0.2) is 27.0 Å². The summed E-state index contributed by atoms with van der Waals surface area (Å²) in [7, 11) is 1.65. The summed E-state index contributed by atoms with van der Waals surface area (Å²) in [6, 6.07) is 0. The fraction of sp³-hybridized carbons (Fsp3) is 0.429. The largest absolute Gasteiger partial charge is 0.479 e. The second-order valence-electron chi connectivity index (χ2n) is 2.62. The van der Waals surface area contributed by atoms with Crippen molar-refractivity contribution in [3.05, 3.63) is 6.20 Å². The molecule has 0 saturated carbocycles. The third-order valence-corrected chi connectivity index (χ3v) is 1.60. The summed E-state index contributed by atoms with van der Waals surface area (Å²) in [5.41, 5.74) is 5.53. The normalized spacial score (nSPS) is 12.5. The van der Waals surface area contributed by atoms with Gasteiger partial charge in [0.1, 0.15) is 0 Å². The number of nitrogens with zero attached hydrogens (tertiary/aromatic N) is 2. The number of carboxylic acids is 1. The third-order valence-electron chi connectivity index (χ3n) is 1.60. The quantitative estimate of drug-likeness (QED) is 0.683. The Kier molecular flexibility index (Phi) is 2.41. The van der Waals surface area contributed by atoms with E-state index in [9.17, 15) is 4.79 Å². The maximum Gasteiger partial charge on any atom is 0.344 e. The minimum Gasteiger partial charge on any atom is -0.479 e. The van der Waals surface area contributed by atoms with E-state index in [1.807, 2.05) is 0 Å². The van der Waals surface area contributed by atoms with Crippen LogP contribution in [-0.2, 0) is 11.8 Å². The topological polar surface area (TPSA) is 90.4 Å². The van der Waals surface area contributed by atoms with Gasteiger partial charge in [-0.25, -0.2) is 9.48 Å². The molecule has 0 aromatic carbocycles. The highest BCUT2D eigenvalue weighted by Crippen LogP contribution is 2.20. The van der Waals surface area contributed by atoms with Crippen molar-refractivity contribution in [2.45, 2.75) is 13.0 Å². The average Bonchev–Trinajstić information content (AvgIpc) is 2.36. The highest BCUT2D eigenvalue weighted by atomic mass is 16.5. The third kappa shape index (κ3) is 1.90. The van der Waals surface area contributed by atoms with Gasteiger partial charge in [0, 0.05) is 7.05 Å². The first kappa shape index (κ1) is 9.37. The molecule has 72 valence electrons. The Morgan fingerprint density at radius 1 is 1.85 bits per heavy atom. The number of rotatable bonds is 3. The van der Waals surface area contributed by atoms with Gasteiger partial charge >= 0.3 is 5.97 Å². The lowest BCUT2D eigenvalue weighted by Crippen LogP contribution is -2.23. The minimum atomic E-state index is -1.04. The molecule has 1 heterocycles. The summed E-state index contributed by atoms with van der Waals surface area (Å²) in [5.74, 6) is -0.436. The van der Waals surface area contributed by atoms with E-state index >= 15 is 0 Å². The molecule has 0 amide bonds. The van der Waals surface area contributed by atoms with Gasteiger partial charge in [-0.15, -0.1) is 0 Å². The lowest BCUT2D eigenvalue weighted by Gasteiger charge is -2.08. The molecule has 1 rings (SSSR count). The molecule has 13 heavy (non-hydrogen) atoms. The SMILES string of the molecule is CC(Oc1cnn(C)c1N)C(=O)O. The van der Waals surface area contributed by atoms with Crippen molar-refractivity contribution in [2.24, 2.45) is 7.05 Å². The van der Waals surface area contributed by atoms with Crippen LogP contribution in [0.1, 0.15) is 6.92 Å². The Labute approximate surface area is 74.9 Å². The van der Waals surface area contributed by atoms with Crippen molar-refractivity contribution in [3.63, 3.8) is 0 Å². The molecule has 6 heteroatoms. The van der Waals surface area contributed by atoms with Gasteiger partial charge in [0.05, 0.1) is 6.20 Å². The van der Waals surface area contributed by atoms with E-state index in [1.165, 1.54) is 17.8 Å². The molecule has 1 atom stereocenters. The van der Waals surface area contributed by atoms with Gasteiger partial charge in [-0.3, -0.25) is 0 Å². The predicted molar refractivity (Wildman–Crippen MR) is 45.3 cm³/mol. The van der Waals surface area contributed by atoms with Crippen molar-refractivity contribution in [1.29, 1.82) is 0 Å². The van der Waals surface area contributed by atoms with Crippen LogP contribution in [0.3, 0.4) is 0 Å². The van der Waals surface area contributed by atoms with Gasteiger partial charge in [0.2, 0.25) is 0 Å². The Bertz CT molecular complexity index is 321. The molecule has 0 fully saturated rings. The molecule has 1 aromatic heterocycles. The number of aryl methyl sites for hydroxylation is 1. The van der Waals surface area contributed by atoms with Crippen molar-refractivity contribution in [1.82, 2.24) is 9.78 Å². The monoisotopic (exact) mass is 185 g/mol. The van der Waals surface area contributed by atoms with E-state index < -0.39 is 12.1 Å². The van der Waals surface area contributed by atoms with Crippen molar-refractivity contribution >= 4 is 11.8 Å². The number of anilines is 1. The van der Waals surface area contributed by atoms with Gasteiger partial charge in [-0.2, -0.15) is 5.10 Å². The number of hydrogen-bond donors (Lipinski definition) is 2. The first-order valence-electron chi connectivity index (χ1n) is 3.69. The Morgan fingerprint density at radius 3 is 2.85 bits per heavy atom. The number of carboxylic acid groups (broad SMARTS) is 1. The summed E-state index contributed by atoms with van der Waals surface area (Å²) in [6.45, 7) is 1.43. The van der Waals surface area contributed by atoms with Crippen LogP contribution in [0.5, 0.6) is 5.75 Å². The Balaban J connectivity index is 2.74. The average molecular weight is 185 g/mol. The summed E-state index contributed by atoms with van der Waals surface area (Å²) in [6.07, 6.45) is 0.459. The zero-order chi connectivity index (χ0) is 10.0. The molecular weight excluding hydrogens is 174 g/mol. The lowest BCUT2D eigenvalue weighted by molar-refractivity contribution is -0.144. The molecule has 6 nitrogen and oxygen atoms in total. The van der Waals surface area contributed by atoms with Gasteiger partial charge in [-0.05, 0) is 6.92 Å². The van der Waals surface area contributed by atoms with Crippen molar-refractivity contribution in [3.8, 4) is 5.75 Å². The van der Waals surface area contributed by atoms with Crippen molar-refractivity contribution < 1.29 is 14.6 Å². The fourth-order valence-electron chi connectivity index (χ4n) is 0.759. The number of ether oxygens (including phenoxy) is 1. The Hall–Kier alpha value is -1.72. The standard InChI is InChI=1S/C7H11N3O3/c1-4(7(11)12)13-5-3-9-10(2)6(5)8/h3-4H,8H2,1-2H3,(H,11,12). The molecule has 0 aliphatic carbocycles. The van der Waals surface area contributed by atoms with Gasteiger partial charge in [0.15, 0.2) is 17.7 Å². The smallest absolute Gasteiger partial charge is 0.344 e. The van der Waals surface area contributed by atoms with E-state index in [1.54, 1.807) is 7.05 Å².